The topological polar surface area (TPSA) is 59.4 Å². The molecule has 1 aliphatic heterocycles. The summed E-state index contributed by atoms with van der Waals surface area (Å²) in [5.74, 6) is 0. The number of carbonyl (C=O) groups is 1. The third-order valence-electron chi connectivity index (χ3n) is 4.18. The van der Waals surface area contributed by atoms with E-state index in [-0.39, 0.29) is 18.2 Å². The summed E-state index contributed by atoms with van der Waals surface area (Å²) in [7, 11) is 0. The zero-order chi connectivity index (χ0) is 16.9. The highest BCUT2D eigenvalue weighted by atomic mass is 16.5. The average Bonchev–Trinajstić information content (AvgIpc) is 2.91. The summed E-state index contributed by atoms with van der Waals surface area (Å²) in [5.41, 5.74) is 1.89. The number of amides is 2. The molecule has 24 heavy (non-hydrogen) atoms. The molecule has 1 aromatic heterocycles. The molecule has 1 unspecified atom stereocenters. The molecule has 1 saturated heterocycles. The van der Waals surface area contributed by atoms with E-state index in [0.29, 0.717) is 19.7 Å². The Kier molecular flexibility index (Phi) is 5.15. The van der Waals surface area contributed by atoms with Crippen molar-refractivity contribution < 1.29 is 9.53 Å². The van der Waals surface area contributed by atoms with Crippen LogP contribution in [0.2, 0.25) is 0 Å². The van der Waals surface area contributed by atoms with Gasteiger partial charge in [0.05, 0.1) is 24.6 Å². The number of aromatic nitrogens is 2. The van der Waals surface area contributed by atoms with Crippen molar-refractivity contribution in [1.82, 2.24) is 14.7 Å². The Balaban J connectivity index is 1.58. The van der Waals surface area contributed by atoms with E-state index in [4.69, 9.17) is 4.74 Å². The molecule has 2 aromatic rings. The number of urea groups is 1. The number of carbonyl (C=O) groups excluding carboxylic acids is 1. The molecule has 3 rings (SSSR count). The van der Waals surface area contributed by atoms with Crippen LogP contribution >= 0.6 is 0 Å². The van der Waals surface area contributed by atoms with Gasteiger partial charge in [-0.1, -0.05) is 30.3 Å². The van der Waals surface area contributed by atoms with E-state index in [0.717, 1.165) is 17.7 Å². The molecule has 1 atom stereocenters. The van der Waals surface area contributed by atoms with Gasteiger partial charge in [0.25, 0.3) is 0 Å². The van der Waals surface area contributed by atoms with Gasteiger partial charge in [0, 0.05) is 25.3 Å². The van der Waals surface area contributed by atoms with Crippen LogP contribution in [0.4, 0.5) is 10.5 Å². The summed E-state index contributed by atoms with van der Waals surface area (Å²) >= 11 is 0. The Morgan fingerprint density at radius 2 is 2.08 bits per heavy atom. The normalized spacial score (nSPS) is 18.5. The smallest absolute Gasteiger partial charge is 0.322 e. The van der Waals surface area contributed by atoms with Gasteiger partial charge in [0.1, 0.15) is 0 Å². The van der Waals surface area contributed by atoms with Gasteiger partial charge < -0.3 is 15.0 Å². The first-order valence-corrected chi connectivity index (χ1v) is 8.40. The Labute approximate surface area is 142 Å². The number of anilines is 1. The molecule has 2 amide bonds. The standard InChI is InChI=1S/C18H24N4O2/c1-14(2)22-13-16(12-19-22)20-18(23)21-9-8-17(24-11-10-21)15-6-4-3-5-7-15/h3-7,12-14,17H,8-11H2,1-2H3,(H,20,23). The third kappa shape index (κ3) is 3.94. The van der Waals surface area contributed by atoms with Crippen LogP contribution in [0.1, 0.15) is 38.0 Å². The lowest BCUT2D eigenvalue weighted by Gasteiger charge is -2.19. The summed E-state index contributed by atoms with van der Waals surface area (Å²) < 4.78 is 7.74. The van der Waals surface area contributed by atoms with Gasteiger partial charge in [-0.15, -0.1) is 0 Å². The Morgan fingerprint density at radius 1 is 1.29 bits per heavy atom. The summed E-state index contributed by atoms with van der Waals surface area (Å²) in [5, 5.41) is 7.16. The maximum absolute atomic E-state index is 12.5. The first kappa shape index (κ1) is 16.5. The molecular weight excluding hydrogens is 304 g/mol. The fraction of sp³-hybridized carbons (Fsp3) is 0.444. The fourth-order valence-corrected chi connectivity index (χ4v) is 2.79. The first-order valence-electron chi connectivity index (χ1n) is 8.40. The number of nitrogens with one attached hydrogen (secondary N) is 1. The van der Waals surface area contributed by atoms with Gasteiger partial charge in [-0.25, -0.2) is 4.79 Å². The number of hydrogen-bond acceptors (Lipinski definition) is 3. The molecule has 128 valence electrons. The third-order valence-corrected chi connectivity index (χ3v) is 4.18. The molecule has 0 spiro atoms. The zero-order valence-corrected chi connectivity index (χ0v) is 14.2. The largest absolute Gasteiger partial charge is 0.372 e. The van der Waals surface area contributed by atoms with E-state index in [1.165, 1.54) is 0 Å². The lowest BCUT2D eigenvalue weighted by atomic mass is 10.1. The first-order chi connectivity index (χ1) is 11.6. The number of nitrogens with zero attached hydrogens (tertiary/aromatic N) is 3. The van der Waals surface area contributed by atoms with Gasteiger partial charge in [-0.2, -0.15) is 5.10 Å². The SMILES string of the molecule is CC(C)n1cc(NC(=O)N2CCOC(c3ccccc3)CC2)cn1. The van der Waals surface area contributed by atoms with E-state index in [1.807, 2.05) is 29.1 Å². The molecule has 0 saturated carbocycles. The minimum Gasteiger partial charge on any atom is -0.372 e. The van der Waals surface area contributed by atoms with Crippen LogP contribution in [0.5, 0.6) is 0 Å². The maximum atomic E-state index is 12.5. The van der Waals surface area contributed by atoms with Gasteiger partial charge in [-0.3, -0.25) is 4.68 Å². The lowest BCUT2D eigenvalue weighted by molar-refractivity contribution is 0.0627. The lowest BCUT2D eigenvalue weighted by Crippen LogP contribution is -2.36. The van der Waals surface area contributed by atoms with E-state index in [9.17, 15) is 4.79 Å². The van der Waals surface area contributed by atoms with Crippen LogP contribution in [0.15, 0.2) is 42.7 Å². The molecule has 1 fully saturated rings. The van der Waals surface area contributed by atoms with Crippen LogP contribution in [-0.4, -0.2) is 40.4 Å². The van der Waals surface area contributed by atoms with Gasteiger partial charge in [0.15, 0.2) is 0 Å². The molecular formula is C18H24N4O2. The predicted octanol–water partition coefficient (Wildman–Crippen LogP) is 3.46. The van der Waals surface area contributed by atoms with Crippen molar-refractivity contribution in [3.63, 3.8) is 0 Å². The minimum absolute atomic E-state index is 0.0488. The second-order valence-corrected chi connectivity index (χ2v) is 6.28. The Bertz CT molecular complexity index is 669. The molecule has 1 aromatic carbocycles. The van der Waals surface area contributed by atoms with Crippen molar-refractivity contribution >= 4 is 11.7 Å². The van der Waals surface area contributed by atoms with E-state index in [1.54, 1.807) is 11.1 Å². The van der Waals surface area contributed by atoms with Crippen LogP contribution in [0.25, 0.3) is 0 Å². The minimum atomic E-state index is -0.101. The van der Waals surface area contributed by atoms with Crippen molar-refractivity contribution in [3.8, 4) is 0 Å². The van der Waals surface area contributed by atoms with Gasteiger partial charge in [0.2, 0.25) is 0 Å². The molecule has 0 bridgehead atoms. The monoisotopic (exact) mass is 328 g/mol. The highest BCUT2D eigenvalue weighted by Gasteiger charge is 2.22. The Morgan fingerprint density at radius 3 is 2.79 bits per heavy atom. The highest BCUT2D eigenvalue weighted by Crippen LogP contribution is 2.23. The second kappa shape index (κ2) is 7.49. The molecule has 6 heteroatoms. The summed E-state index contributed by atoms with van der Waals surface area (Å²) in [6.07, 6.45) is 4.37. The quantitative estimate of drug-likeness (QED) is 0.938. The maximum Gasteiger partial charge on any atom is 0.322 e. The van der Waals surface area contributed by atoms with E-state index >= 15 is 0 Å². The van der Waals surface area contributed by atoms with Crippen molar-refractivity contribution in [2.75, 3.05) is 25.0 Å². The number of ether oxygens (including phenoxy) is 1. The molecule has 2 heterocycles. The predicted molar refractivity (Wildman–Crippen MR) is 93.0 cm³/mol. The fourth-order valence-electron chi connectivity index (χ4n) is 2.79. The van der Waals surface area contributed by atoms with Crippen LogP contribution < -0.4 is 5.32 Å². The van der Waals surface area contributed by atoms with Crippen LogP contribution in [0, 0.1) is 0 Å². The van der Waals surface area contributed by atoms with Crippen molar-refractivity contribution in [3.05, 3.63) is 48.3 Å². The summed E-state index contributed by atoms with van der Waals surface area (Å²) in [6.45, 7) is 5.90. The molecule has 6 nitrogen and oxygen atoms in total. The summed E-state index contributed by atoms with van der Waals surface area (Å²) in [4.78, 5) is 14.3. The number of benzene rings is 1. The van der Waals surface area contributed by atoms with Crippen molar-refractivity contribution in [1.29, 1.82) is 0 Å². The zero-order valence-electron chi connectivity index (χ0n) is 14.2. The average molecular weight is 328 g/mol. The molecule has 0 radical (unpaired) electrons. The van der Waals surface area contributed by atoms with Gasteiger partial charge in [-0.05, 0) is 25.8 Å². The van der Waals surface area contributed by atoms with Gasteiger partial charge >= 0.3 is 6.03 Å². The van der Waals surface area contributed by atoms with E-state index < -0.39 is 0 Å². The van der Waals surface area contributed by atoms with Crippen LogP contribution in [-0.2, 0) is 4.74 Å². The van der Waals surface area contributed by atoms with Crippen molar-refractivity contribution in [2.24, 2.45) is 0 Å². The highest BCUT2D eigenvalue weighted by molar-refractivity contribution is 5.89. The number of rotatable bonds is 3. The molecule has 1 N–H and O–H groups in total. The van der Waals surface area contributed by atoms with E-state index in [2.05, 4.69) is 36.4 Å². The second-order valence-electron chi connectivity index (χ2n) is 6.28. The molecule has 0 aliphatic carbocycles. The Hall–Kier alpha value is -2.34. The summed E-state index contributed by atoms with van der Waals surface area (Å²) in [6, 6.07) is 10.3. The van der Waals surface area contributed by atoms with Crippen molar-refractivity contribution in [2.45, 2.75) is 32.4 Å². The van der Waals surface area contributed by atoms with Crippen LogP contribution in [0.3, 0.4) is 0 Å². The molecule has 1 aliphatic rings. The number of hydrogen-bond donors (Lipinski definition) is 1.